The quantitative estimate of drug-likeness (QED) is 0.887. The van der Waals surface area contributed by atoms with Gasteiger partial charge in [-0.25, -0.2) is 0 Å². The number of aryl methyl sites for hydroxylation is 1. The Labute approximate surface area is 134 Å². The number of hydrogen-bond acceptors (Lipinski definition) is 4. The number of nitrogens with zero attached hydrogens (tertiary/aromatic N) is 1. The van der Waals surface area contributed by atoms with Crippen LogP contribution in [0, 0.1) is 12.8 Å². The van der Waals surface area contributed by atoms with Crippen molar-refractivity contribution >= 4 is 17.2 Å². The number of thiophene rings is 1. The van der Waals surface area contributed by atoms with Gasteiger partial charge in [0.15, 0.2) is 0 Å². The van der Waals surface area contributed by atoms with Crippen LogP contribution in [0.3, 0.4) is 0 Å². The molecule has 1 saturated carbocycles. The normalized spacial score (nSPS) is 15.5. The minimum absolute atomic E-state index is 0.0142. The Balaban J connectivity index is 1.74. The third-order valence-corrected chi connectivity index (χ3v) is 4.86. The zero-order valence-corrected chi connectivity index (χ0v) is 13.7. The lowest BCUT2D eigenvalue weighted by atomic mass is 10.1. The maximum absolute atomic E-state index is 12.5. The third-order valence-electron chi connectivity index (χ3n) is 3.81. The highest BCUT2D eigenvalue weighted by Gasteiger charge is 2.34. The molecule has 0 bridgehead atoms. The molecule has 0 unspecified atom stereocenters. The molecule has 3 rings (SSSR count). The van der Waals surface area contributed by atoms with Gasteiger partial charge in [-0.15, -0.1) is 11.3 Å². The number of ether oxygens (including phenoxy) is 1. The summed E-state index contributed by atoms with van der Waals surface area (Å²) in [6.07, 6.45) is 4.12. The summed E-state index contributed by atoms with van der Waals surface area (Å²) in [6.45, 7) is 2.59. The predicted molar refractivity (Wildman–Crippen MR) is 86.9 cm³/mol. The molecule has 0 aliphatic heterocycles. The molecule has 1 aliphatic carbocycles. The van der Waals surface area contributed by atoms with E-state index >= 15 is 0 Å². The van der Waals surface area contributed by atoms with E-state index in [1.807, 2.05) is 31.3 Å². The Morgan fingerprint density at radius 1 is 1.45 bits per heavy atom. The molecule has 1 atom stereocenters. The van der Waals surface area contributed by atoms with Crippen LogP contribution in [-0.4, -0.2) is 18.0 Å². The summed E-state index contributed by atoms with van der Waals surface area (Å²) in [5.74, 6) is 0.490. The Morgan fingerprint density at radius 2 is 2.27 bits per heavy atom. The molecule has 0 spiro atoms. The van der Waals surface area contributed by atoms with Crippen LogP contribution in [0.15, 0.2) is 30.5 Å². The van der Waals surface area contributed by atoms with E-state index in [0.717, 1.165) is 28.3 Å². The van der Waals surface area contributed by atoms with Gasteiger partial charge in [-0.05, 0) is 55.5 Å². The van der Waals surface area contributed by atoms with E-state index in [4.69, 9.17) is 4.74 Å². The topological polar surface area (TPSA) is 51.2 Å². The average Bonchev–Trinajstić information content (AvgIpc) is 3.23. The highest BCUT2D eigenvalue weighted by molar-refractivity contribution is 7.14. The monoisotopic (exact) mass is 316 g/mol. The molecule has 22 heavy (non-hydrogen) atoms. The van der Waals surface area contributed by atoms with E-state index in [2.05, 4.69) is 16.4 Å². The van der Waals surface area contributed by atoms with Crippen LogP contribution in [0.25, 0.3) is 0 Å². The number of carbonyl (C=O) groups excluding carboxylic acids is 1. The first-order chi connectivity index (χ1) is 10.7. The number of methoxy groups -OCH3 is 1. The zero-order chi connectivity index (χ0) is 15.5. The number of pyridine rings is 1. The summed E-state index contributed by atoms with van der Waals surface area (Å²) in [5.41, 5.74) is 2.13. The molecule has 0 saturated heterocycles. The summed E-state index contributed by atoms with van der Waals surface area (Å²) in [6, 6.07) is 7.86. The van der Waals surface area contributed by atoms with Crippen molar-refractivity contribution < 1.29 is 9.53 Å². The van der Waals surface area contributed by atoms with E-state index < -0.39 is 0 Å². The summed E-state index contributed by atoms with van der Waals surface area (Å²) in [5, 5.41) is 3.16. The number of aromatic nitrogens is 1. The van der Waals surface area contributed by atoms with Gasteiger partial charge in [0.05, 0.1) is 23.2 Å². The molecule has 1 amide bonds. The minimum atomic E-state index is -0.0208. The second-order valence-corrected chi connectivity index (χ2v) is 6.91. The maximum atomic E-state index is 12.5. The van der Waals surface area contributed by atoms with Gasteiger partial charge in [0.25, 0.3) is 5.91 Å². The molecule has 1 N–H and O–H groups in total. The maximum Gasteiger partial charge on any atom is 0.261 e. The van der Waals surface area contributed by atoms with Crippen molar-refractivity contribution in [3.8, 4) is 0 Å². The fourth-order valence-electron chi connectivity index (χ4n) is 2.52. The third kappa shape index (κ3) is 3.54. The van der Waals surface area contributed by atoms with E-state index in [1.54, 1.807) is 7.11 Å². The van der Waals surface area contributed by atoms with Crippen LogP contribution in [-0.2, 0) is 11.3 Å². The van der Waals surface area contributed by atoms with Crippen LogP contribution in [0.2, 0.25) is 0 Å². The first kappa shape index (κ1) is 15.2. The van der Waals surface area contributed by atoms with Gasteiger partial charge >= 0.3 is 0 Å². The van der Waals surface area contributed by atoms with Crippen molar-refractivity contribution in [3.63, 3.8) is 0 Å². The number of carbonyl (C=O) groups is 1. The lowest BCUT2D eigenvalue weighted by Crippen LogP contribution is -2.30. The number of amides is 1. The van der Waals surface area contributed by atoms with Crippen molar-refractivity contribution in [2.45, 2.75) is 32.4 Å². The summed E-state index contributed by atoms with van der Waals surface area (Å²) in [7, 11) is 1.66. The van der Waals surface area contributed by atoms with Crippen molar-refractivity contribution in [2.75, 3.05) is 7.11 Å². The molecule has 0 aromatic carbocycles. The number of nitrogens with one attached hydrogen (secondary N) is 1. The van der Waals surface area contributed by atoms with Crippen molar-refractivity contribution in [2.24, 2.45) is 5.92 Å². The van der Waals surface area contributed by atoms with Crippen LogP contribution in [0.1, 0.15) is 44.7 Å². The van der Waals surface area contributed by atoms with Gasteiger partial charge in [-0.3, -0.25) is 9.78 Å². The SMILES string of the molecule is COCc1ccc(C(=O)N[C@@H](c2cc(C)ccn2)C2CC2)s1. The van der Waals surface area contributed by atoms with Gasteiger partial charge in [-0.2, -0.15) is 0 Å². The van der Waals surface area contributed by atoms with Crippen molar-refractivity contribution in [1.29, 1.82) is 0 Å². The number of hydrogen-bond donors (Lipinski definition) is 1. The summed E-state index contributed by atoms with van der Waals surface area (Å²) < 4.78 is 5.10. The van der Waals surface area contributed by atoms with Crippen LogP contribution in [0.4, 0.5) is 0 Å². The van der Waals surface area contributed by atoms with E-state index in [0.29, 0.717) is 12.5 Å². The Hall–Kier alpha value is -1.72. The highest BCUT2D eigenvalue weighted by Crippen LogP contribution is 2.40. The van der Waals surface area contributed by atoms with Gasteiger partial charge in [0, 0.05) is 18.2 Å². The fourth-order valence-corrected chi connectivity index (χ4v) is 3.41. The first-order valence-corrected chi connectivity index (χ1v) is 8.30. The highest BCUT2D eigenvalue weighted by atomic mass is 32.1. The predicted octanol–water partition coefficient (Wildman–Crippen LogP) is 3.48. The van der Waals surface area contributed by atoms with E-state index in [1.165, 1.54) is 16.9 Å². The van der Waals surface area contributed by atoms with Gasteiger partial charge in [-0.1, -0.05) is 0 Å². The van der Waals surface area contributed by atoms with Gasteiger partial charge in [0.1, 0.15) is 0 Å². The molecule has 0 radical (unpaired) electrons. The molecule has 2 aromatic heterocycles. The largest absolute Gasteiger partial charge is 0.379 e. The van der Waals surface area contributed by atoms with Gasteiger partial charge in [0.2, 0.25) is 0 Å². The zero-order valence-electron chi connectivity index (χ0n) is 12.8. The molecule has 2 heterocycles. The fraction of sp³-hybridized carbons (Fsp3) is 0.412. The minimum Gasteiger partial charge on any atom is -0.379 e. The molecule has 4 nitrogen and oxygen atoms in total. The van der Waals surface area contributed by atoms with E-state index in [-0.39, 0.29) is 11.9 Å². The molecule has 116 valence electrons. The molecule has 2 aromatic rings. The lowest BCUT2D eigenvalue weighted by Gasteiger charge is -2.17. The second-order valence-electron chi connectivity index (χ2n) is 5.75. The summed E-state index contributed by atoms with van der Waals surface area (Å²) >= 11 is 1.48. The van der Waals surface area contributed by atoms with Crippen LogP contribution >= 0.6 is 11.3 Å². The lowest BCUT2D eigenvalue weighted by molar-refractivity contribution is 0.0935. The second kappa shape index (κ2) is 6.58. The standard InChI is InChI=1S/C17H20N2O2S/c1-11-7-8-18-14(9-11)16(12-3-4-12)19-17(20)15-6-5-13(22-15)10-21-2/h5-9,12,16H,3-4,10H2,1-2H3,(H,19,20)/t16-/m1/s1. The molecular weight excluding hydrogens is 296 g/mol. The molecule has 5 heteroatoms. The van der Waals surface area contributed by atoms with Gasteiger partial charge < -0.3 is 10.1 Å². The Morgan fingerprint density at radius 3 is 2.95 bits per heavy atom. The van der Waals surface area contributed by atoms with Crippen molar-refractivity contribution in [1.82, 2.24) is 10.3 Å². The molecular formula is C17H20N2O2S. The first-order valence-electron chi connectivity index (χ1n) is 7.48. The van der Waals surface area contributed by atoms with Crippen LogP contribution < -0.4 is 5.32 Å². The smallest absolute Gasteiger partial charge is 0.261 e. The Bertz CT molecular complexity index is 664. The Kier molecular flexibility index (Phi) is 4.55. The number of rotatable bonds is 6. The average molecular weight is 316 g/mol. The molecule has 1 aliphatic rings. The van der Waals surface area contributed by atoms with Crippen molar-refractivity contribution in [3.05, 3.63) is 51.5 Å². The van der Waals surface area contributed by atoms with E-state index in [9.17, 15) is 4.79 Å². The summed E-state index contributed by atoms with van der Waals surface area (Å²) in [4.78, 5) is 18.7. The van der Waals surface area contributed by atoms with Crippen LogP contribution in [0.5, 0.6) is 0 Å². The molecule has 1 fully saturated rings.